The Bertz CT molecular complexity index is 875. The molecule has 1 atom stereocenters. The Hall–Kier alpha value is -2.05. The standard InChI is InChI=1S/C20H25NO4S/c1-14(2)19-13-25-20-10-7-17(24-4)11-16(20)12-21(19)26(22,23)18-8-5-15(3)6-9-18/h5-11,14,19H,12-13H2,1-4H3/t19-/m1/s1. The zero-order chi connectivity index (χ0) is 18.9. The van der Waals surface area contributed by atoms with E-state index in [-0.39, 0.29) is 18.5 Å². The highest BCUT2D eigenvalue weighted by Crippen LogP contribution is 2.33. The maximum absolute atomic E-state index is 13.4. The van der Waals surface area contributed by atoms with Gasteiger partial charge in [0.1, 0.15) is 18.1 Å². The first-order valence-electron chi connectivity index (χ1n) is 8.71. The second-order valence-electron chi connectivity index (χ2n) is 6.96. The fourth-order valence-corrected chi connectivity index (χ4v) is 4.85. The first-order chi connectivity index (χ1) is 12.3. The lowest BCUT2D eigenvalue weighted by atomic mass is 10.1. The van der Waals surface area contributed by atoms with Crippen molar-refractivity contribution in [1.82, 2.24) is 4.31 Å². The Labute approximate surface area is 155 Å². The quantitative estimate of drug-likeness (QED) is 0.819. The van der Waals surface area contributed by atoms with Crippen LogP contribution in [0.25, 0.3) is 0 Å². The van der Waals surface area contributed by atoms with E-state index >= 15 is 0 Å². The largest absolute Gasteiger partial charge is 0.497 e. The summed E-state index contributed by atoms with van der Waals surface area (Å²) in [6.45, 7) is 6.55. The second-order valence-corrected chi connectivity index (χ2v) is 8.85. The zero-order valence-corrected chi connectivity index (χ0v) is 16.4. The molecule has 3 rings (SSSR count). The molecule has 0 N–H and O–H groups in total. The maximum atomic E-state index is 13.4. The predicted octanol–water partition coefficient (Wildman–Crippen LogP) is 3.61. The van der Waals surface area contributed by atoms with E-state index in [0.29, 0.717) is 23.0 Å². The highest BCUT2D eigenvalue weighted by molar-refractivity contribution is 7.89. The van der Waals surface area contributed by atoms with E-state index in [1.807, 2.05) is 51.1 Å². The van der Waals surface area contributed by atoms with Crippen molar-refractivity contribution in [3.63, 3.8) is 0 Å². The van der Waals surface area contributed by atoms with Crippen molar-refractivity contribution in [3.8, 4) is 11.5 Å². The summed E-state index contributed by atoms with van der Waals surface area (Å²) in [5.41, 5.74) is 1.84. The van der Waals surface area contributed by atoms with E-state index in [2.05, 4.69) is 0 Å². The van der Waals surface area contributed by atoms with Crippen molar-refractivity contribution in [2.24, 2.45) is 5.92 Å². The zero-order valence-electron chi connectivity index (χ0n) is 15.6. The number of benzene rings is 2. The third kappa shape index (κ3) is 3.57. The van der Waals surface area contributed by atoms with Crippen LogP contribution in [0.2, 0.25) is 0 Å². The molecule has 2 aromatic rings. The topological polar surface area (TPSA) is 55.8 Å². The molecule has 26 heavy (non-hydrogen) atoms. The lowest BCUT2D eigenvalue weighted by molar-refractivity contribution is 0.180. The van der Waals surface area contributed by atoms with Crippen LogP contribution in [0.3, 0.4) is 0 Å². The monoisotopic (exact) mass is 375 g/mol. The van der Waals surface area contributed by atoms with Gasteiger partial charge in [0.2, 0.25) is 10.0 Å². The van der Waals surface area contributed by atoms with Gasteiger partial charge in [-0.3, -0.25) is 0 Å². The molecule has 5 nitrogen and oxygen atoms in total. The lowest BCUT2D eigenvalue weighted by Gasteiger charge is -2.31. The van der Waals surface area contributed by atoms with Gasteiger partial charge in [0, 0.05) is 12.1 Å². The average molecular weight is 375 g/mol. The van der Waals surface area contributed by atoms with Crippen molar-refractivity contribution < 1.29 is 17.9 Å². The van der Waals surface area contributed by atoms with E-state index in [1.54, 1.807) is 23.5 Å². The number of methoxy groups -OCH3 is 1. The maximum Gasteiger partial charge on any atom is 0.243 e. The van der Waals surface area contributed by atoms with Crippen molar-refractivity contribution in [2.75, 3.05) is 13.7 Å². The van der Waals surface area contributed by atoms with Crippen LogP contribution in [-0.4, -0.2) is 32.5 Å². The molecular weight excluding hydrogens is 350 g/mol. The summed E-state index contributed by atoms with van der Waals surface area (Å²) in [4.78, 5) is 0.306. The molecule has 2 aromatic carbocycles. The van der Waals surface area contributed by atoms with Gasteiger partial charge in [-0.05, 0) is 43.2 Å². The molecule has 6 heteroatoms. The van der Waals surface area contributed by atoms with E-state index in [4.69, 9.17) is 9.47 Å². The summed E-state index contributed by atoms with van der Waals surface area (Å²) in [5, 5.41) is 0. The fraction of sp³-hybridized carbons (Fsp3) is 0.400. The second kappa shape index (κ2) is 7.29. The Morgan fingerprint density at radius 2 is 1.85 bits per heavy atom. The molecule has 0 radical (unpaired) electrons. The van der Waals surface area contributed by atoms with Crippen LogP contribution in [-0.2, 0) is 16.6 Å². The Balaban J connectivity index is 2.06. The van der Waals surface area contributed by atoms with Gasteiger partial charge in [-0.25, -0.2) is 8.42 Å². The Morgan fingerprint density at radius 1 is 1.15 bits per heavy atom. The molecule has 140 valence electrons. The summed E-state index contributed by atoms with van der Waals surface area (Å²) < 4.78 is 39.5. The van der Waals surface area contributed by atoms with Crippen molar-refractivity contribution in [1.29, 1.82) is 0 Å². The fourth-order valence-electron chi connectivity index (χ4n) is 3.12. The van der Waals surface area contributed by atoms with E-state index in [9.17, 15) is 8.42 Å². The van der Waals surface area contributed by atoms with Crippen LogP contribution in [0, 0.1) is 12.8 Å². The van der Waals surface area contributed by atoms with Crippen LogP contribution >= 0.6 is 0 Å². The number of fused-ring (bicyclic) bond motifs is 1. The molecule has 0 bridgehead atoms. The smallest absolute Gasteiger partial charge is 0.243 e. The van der Waals surface area contributed by atoms with Crippen LogP contribution < -0.4 is 9.47 Å². The van der Waals surface area contributed by atoms with Gasteiger partial charge in [-0.15, -0.1) is 0 Å². The molecule has 1 aliphatic rings. The van der Waals surface area contributed by atoms with Gasteiger partial charge in [0.15, 0.2) is 0 Å². The molecule has 0 aliphatic carbocycles. The summed E-state index contributed by atoms with van der Waals surface area (Å²) in [5.74, 6) is 1.51. The number of hydrogen-bond acceptors (Lipinski definition) is 4. The molecule has 0 saturated carbocycles. The molecule has 1 aliphatic heterocycles. The molecule has 0 unspecified atom stereocenters. The summed E-state index contributed by atoms with van der Waals surface area (Å²) in [6.07, 6.45) is 0. The van der Waals surface area contributed by atoms with Crippen molar-refractivity contribution in [3.05, 3.63) is 53.6 Å². The number of rotatable bonds is 4. The minimum absolute atomic E-state index is 0.117. The van der Waals surface area contributed by atoms with Crippen LogP contribution in [0.1, 0.15) is 25.0 Å². The highest BCUT2D eigenvalue weighted by Gasteiger charge is 2.36. The van der Waals surface area contributed by atoms with Gasteiger partial charge in [0.25, 0.3) is 0 Å². The van der Waals surface area contributed by atoms with Crippen LogP contribution in [0.4, 0.5) is 0 Å². The molecule has 0 saturated heterocycles. The molecule has 0 fully saturated rings. The van der Waals surface area contributed by atoms with E-state index in [1.165, 1.54) is 0 Å². The first-order valence-corrected chi connectivity index (χ1v) is 10.1. The number of ether oxygens (including phenoxy) is 2. The summed E-state index contributed by atoms with van der Waals surface area (Å²) in [6, 6.07) is 12.2. The minimum atomic E-state index is -3.65. The third-order valence-corrected chi connectivity index (χ3v) is 6.66. The van der Waals surface area contributed by atoms with Gasteiger partial charge < -0.3 is 9.47 Å². The third-order valence-electron chi connectivity index (χ3n) is 4.77. The van der Waals surface area contributed by atoms with Gasteiger partial charge in [0.05, 0.1) is 18.0 Å². The van der Waals surface area contributed by atoms with E-state index < -0.39 is 10.0 Å². The number of hydrogen-bond donors (Lipinski definition) is 0. The van der Waals surface area contributed by atoms with Gasteiger partial charge in [-0.2, -0.15) is 4.31 Å². The highest BCUT2D eigenvalue weighted by atomic mass is 32.2. The SMILES string of the molecule is COc1ccc2c(c1)CN(S(=O)(=O)c1ccc(C)cc1)[C@@H](C(C)C)CO2. The van der Waals surface area contributed by atoms with Crippen molar-refractivity contribution in [2.45, 2.75) is 38.3 Å². The molecule has 0 spiro atoms. The van der Waals surface area contributed by atoms with Gasteiger partial charge >= 0.3 is 0 Å². The molecule has 0 aromatic heterocycles. The lowest BCUT2D eigenvalue weighted by Crippen LogP contribution is -2.44. The minimum Gasteiger partial charge on any atom is -0.497 e. The van der Waals surface area contributed by atoms with Crippen LogP contribution in [0.5, 0.6) is 11.5 Å². The molecule has 0 amide bonds. The number of sulfonamides is 1. The predicted molar refractivity (Wildman–Crippen MR) is 101 cm³/mol. The Morgan fingerprint density at radius 3 is 2.46 bits per heavy atom. The van der Waals surface area contributed by atoms with E-state index in [0.717, 1.165) is 11.1 Å². The van der Waals surface area contributed by atoms with Crippen LogP contribution in [0.15, 0.2) is 47.4 Å². The summed E-state index contributed by atoms with van der Waals surface area (Å²) in [7, 11) is -2.05. The first kappa shape index (κ1) is 18.7. The molecule has 1 heterocycles. The summed E-state index contributed by atoms with van der Waals surface area (Å²) >= 11 is 0. The number of nitrogens with zero attached hydrogens (tertiary/aromatic N) is 1. The normalized spacial score (nSPS) is 18.1. The average Bonchev–Trinajstić information content (AvgIpc) is 2.81. The Kier molecular flexibility index (Phi) is 5.25. The molecular formula is C20H25NO4S. The number of aryl methyl sites for hydroxylation is 1. The van der Waals surface area contributed by atoms with Gasteiger partial charge in [-0.1, -0.05) is 31.5 Å². The van der Waals surface area contributed by atoms with Crippen molar-refractivity contribution >= 4 is 10.0 Å².